The standard InChI is InChI=1S/C16H17NO3S/c18-15(4-3-13-5-8-20-12-13)17-16(6-9-19-10-7-16)14-2-1-11-21-14/h1-5,8,11-12H,6-7,9-10H2,(H,17,18)/b4-3+. The number of nitrogens with one attached hydrogen (secondary N) is 1. The molecule has 1 N–H and O–H groups in total. The van der Waals surface area contributed by atoms with Crippen LogP contribution in [0.15, 0.2) is 46.6 Å². The molecule has 0 radical (unpaired) electrons. The Bertz CT molecular complexity index is 596. The first-order chi connectivity index (χ1) is 10.3. The summed E-state index contributed by atoms with van der Waals surface area (Å²) in [5.41, 5.74) is 0.576. The van der Waals surface area contributed by atoms with Crippen molar-refractivity contribution in [3.8, 4) is 0 Å². The van der Waals surface area contributed by atoms with Crippen molar-refractivity contribution < 1.29 is 13.9 Å². The maximum atomic E-state index is 12.2. The fraction of sp³-hybridized carbons (Fsp3) is 0.312. The number of carbonyl (C=O) groups is 1. The molecule has 0 bridgehead atoms. The van der Waals surface area contributed by atoms with Gasteiger partial charge < -0.3 is 14.5 Å². The van der Waals surface area contributed by atoms with Gasteiger partial charge in [-0.1, -0.05) is 6.07 Å². The molecule has 2 aromatic rings. The number of amides is 1. The molecule has 4 nitrogen and oxygen atoms in total. The molecule has 1 aliphatic rings. The second kappa shape index (κ2) is 6.28. The molecule has 1 fully saturated rings. The molecule has 21 heavy (non-hydrogen) atoms. The Hall–Kier alpha value is -1.85. The lowest BCUT2D eigenvalue weighted by atomic mass is 9.88. The maximum absolute atomic E-state index is 12.2. The van der Waals surface area contributed by atoms with Crippen LogP contribution in [0.1, 0.15) is 23.3 Å². The summed E-state index contributed by atoms with van der Waals surface area (Å²) in [5, 5.41) is 5.21. The van der Waals surface area contributed by atoms with Gasteiger partial charge in [-0.3, -0.25) is 4.79 Å². The highest BCUT2D eigenvalue weighted by Crippen LogP contribution is 2.35. The summed E-state index contributed by atoms with van der Waals surface area (Å²) < 4.78 is 10.4. The number of hydrogen-bond donors (Lipinski definition) is 1. The normalized spacial score (nSPS) is 17.9. The lowest BCUT2D eigenvalue weighted by Crippen LogP contribution is -2.48. The van der Waals surface area contributed by atoms with Crippen molar-refractivity contribution in [1.82, 2.24) is 5.32 Å². The van der Waals surface area contributed by atoms with E-state index >= 15 is 0 Å². The summed E-state index contributed by atoms with van der Waals surface area (Å²) >= 11 is 1.68. The Kier molecular flexibility index (Phi) is 4.22. The van der Waals surface area contributed by atoms with E-state index in [1.54, 1.807) is 36.0 Å². The maximum Gasteiger partial charge on any atom is 0.244 e. The highest BCUT2D eigenvalue weighted by molar-refractivity contribution is 7.10. The van der Waals surface area contributed by atoms with E-state index in [-0.39, 0.29) is 11.4 Å². The first-order valence-corrected chi connectivity index (χ1v) is 7.81. The van der Waals surface area contributed by atoms with Crippen molar-refractivity contribution in [3.63, 3.8) is 0 Å². The molecule has 5 heteroatoms. The highest BCUT2D eigenvalue weighted by atomic mass is 32.1. The van der Waals surface area contributed by atoms with Crippen LogP contribution in [0.25, 0.3) is 6.08 Å². The minimum absolute atomic E-state index is 0.0912. The van der Waals surface area contributed by atoms with Crippen LogP contribution >= 0.6 is 11.3 Å². The fourth-order valence-electron chi connectivity index (χ4n) is 2.52. The van der Waals surface area contributed by atoms with Gasteiger partial charge >= 0.3 is 0 Å². The van der Waals surface area contributed by atoms with E-state index in [0.717, 1.165) is 18.4 Å². The predicted octanol–water partition coefficient (Wildman–Crippen LogP) is 3.18. The second-order valence-corrected chi connectivity index (χ2v) is 6.00. The molecule has 2 aromatic heterocycles. The van der Waals surface area contributed by atoms with E-state index in [1.807, 2.05) is 17.5 Å². The molecule has 1 aliphatic heterocycles. The van der Waals surface area contributed by atoms with E-state index in [4.69, 9.17) is 9.15 Å². The zero-order valence-corrected chi connectivity index (χ0v) is 12.4. The summed E-state index contributed by atoms with van der Waals surface area (Å²) in [6.45, 7) is 1.34. The summed E-state index contributed by atoms with van der Waals surface area (Å²) in [4.78, 5) is 13.4. The Morgan fingerprint density at radius 2 is 2.19 bits per heavy atom. The molecule has 3 heterocycles. The molecule has 3 rings (SSSR count). The number of carbonyl (C=O) groups excluding carboxylic acids is 1. The fourth-order valence-corrected chi connectivity index (χ4v) is 3.46. The molecule has 1 saturated heterocycles. The van der Waals surface area contributed by atoms with Crippen LogP contribution in [0.5, 0.6) is 0 Å². The number of thiophene rings is 1. The van der Waals surface area contributed by atoms with E-state index in [1.165, 1.54) is 4.88 Å². The predicted molar refractivity (Wildman–Crippen MR) is 81.9 cm³/mol. The minimum Gasteiger partial charge on any atom is -0.472 e. The largest absolute Gasteiger partial charge is 0.472 e. The van der Waals surface area contributed by atoms with Crippen molar-refractivity contribution in [2.75, 3.05) is 13.2 Å². The number of ether oxygens (including phenoxy) is 1. The minimum atomic E-state index is -0.301. The van der Waals surface area contributed by atoms with Gasteiger partial charge in [0.1, 0.15) is 0 Å². The zero-order valence-electron chi connectivity index (χ0n) is 11.6. The third-order valence-electron chi connectivity index (χ3n) is 3.67. The van der Waals surface area contributed by atoms with Crippen molar-refractivity contribution in [1.29, 1.82) is 0 Å². The quantitative estimate of drug-likeness (QED) is 0.883. The average molecular weight is 303 g/mol. The Labute approximate surface area is 127 Å². The first kappa shape index (κ1) is 14.1. The van der Waals surface area contributed by atoms with Crippen LogP contribution in [0.4, 0.5) is 0 Å². The lowest BCUT2D eigenvalue weighted by Gasteiger charge is -2.37. The number of rotatable bonds is 4. The molecule has 0 spiro atoms. The SMILES string of the molecule is O=C(/C=C/c1ccoc1)NC1(c2cccs2)CCOCC1. The topological polar surface area (TPSA) is 51.5 Å². The molecular formula is C16H17NO3S. The Morgan fingerprint density at radius 1 is 1.33 bits per heavy atom. The Balaban J connectivity index is 1.74. The van der Waals surface area contributed by atoms with E-state index < -0.39 is 0 Å². The van der Waals surface area contributed by atoms with Gasteiger partial charge in [-0.15, -0.1) is 11.3 Å². The number of furan rings is 1. The smallest absolute Gasteiger partial charge is 0.244 e. The second-order valence-electron chi connectivity index (χ2n) is 5.05. The van der Waals surface area contributed by atoms with Crippen LogP contribution in [-0.4, -0.2) is 19.1 Å². The van der Waals surface area contributed by atoms with Gasteiger partial charge in [-0.05, 0) is 36.4 Å². The van der Waals surface area contributed by atoms with Gasteiger partial charge in [0, 0.05) is 29.7 Å². The van der Waals surface area contributed by atoms with Gasteiger partial charge in [-0.2, -0.15) is 0 Å². The average Bonchev–Trinajstić information content (AvgIpc) is 3.20. The van der Waals surface area contributed by atoms with E-state index in [0.29, 0.717) is 13.2 Å². The first-order valence-electron chi connectivity index (χ1n) is 6.93. The van der Waals surface area contributed by atoms with Crippen LogP contribution in [0.3, 0.4) is 0 Å². The highest BCUT2D eigenvalue weighted by Gasteiger charge is 2.36. The molecule has 110 valence electrons. The molecule has 0 aliphatic carbocycles. The van der Waals surface area contributed by atoms with Gasteiger partial charge in [0.2, 0.25) is 5.91 Å². The molecule has 0 atom stereocenters. The van der Waals surface area contributed by atoms with Crippen LogP contribution < -0.4 is 5.32 Å². The van der Waals surface area contributed by atoms with Gasteiger partial charge in [0.15, 0.2) is 0 Å². The zero-order chi connectivity index (χ0) is 14.5. The molecule has 0 unspecified atom stereocenters. The molecule has 0 aromatic carbocycles. The van der Waals surface area contributed by atoms with Gasteiger partial charge in [0.05, 0.1) is 18.1 Å². The van der Waals surface area contributed by atoms with Crippen LogP contribution in [-0.2, 0) is 15.1 Å². The molecule has 0 saturated carbocycles. The number of hydrogen-bond acceptors (Lipinski definition) is 4. The monoisotopic (exact) mass is 303 g/mol. The van der Waals surface area contributed by atoms with Crippen LogP contribution in [0, 0.1) is 0 Å². The lowest BCUT2D eigenvalue weighted by molar-refractivity contribution is -0.119. The van der Waals surface area contributed by atoms with Crippen molar-refractivity contribution in [2.45, 2.75) is 18.4 Å². The van der Waals surface area contributed by atoms with Crippen molar-refractivity contribution in [3.05, 3.63) is 52.6 Å². The van der Waals surface area contributed by atoms with E-state index in [2.05, 4.69) is 11.4 Å². The summed E-state index contributed by atoms with van der Waals surface area (Å²) in [6.07, 6.45) is 8.10. The third-order valence-corrected chi connectivity index (χ3v) is 4.75. The molecular weight excluding hydrogens is 286 g/mol. The van der Waals surface area contributed by atoms with Gasteiger partial charge in [0.25, 0.3) is 0 Å². The summed E-state index contributed by atoms with van der Waals surface area (Å²) in [7, 11) is 0. The molecule has 1 amide bonds. The van der Waals surface area contributed by atoms with Crippen molar-refractivity contribution >= 4 is 23.3 Å². The van der Waals surface area contributed by atoms with Gasteiger partial charge in [-0.25, -0.2) is 0 Å². The van der Waals surface area contributed by atoms with Crippen LogP contribution in [0.2, 0.25) is 0 Å². The van der Waals surface area contributed by atoms with E-state index in [9.17, 15) is 4.79 Å². The van der Waals surface area contributed by atoms with Crippen molar-refractivity contribution in [2.24, 2.45) is 0 Å². The Morgan fingerprint density at radius 3 is 2.86 bits per heavy atom. The third kappa shape index (κ3) is 3.25. The summed E-state index contributed by atoms with van der Waals surface area (Å²) in [5.74, 6) is -0.0912. The summed E-state index contributed by atoms with van der Waals surface area (Å²) in [6, 6.07) is 5.91.